The molecule has 4 rings (SSSR count). The average molecular weight is 393 g/mol. The molecule has 0 radical (unpaired) electrons. The Bertz CT molecular complexity index is 998. The Hall–Kier alpha value is -1.84. The molecule has 2 aromatic rings. The molecule has 4 atom stereocenters. The fraction of sp³-hybridized carbons (Fsp3) is 0.500. The van der Waals surface area contributed by atoms with Gasteiger partial charge in [-0.1, -0.05) is 58.9 Å². The van der Waals surface area contributed by atoms with E-state index in [0.29, 0.717) is 0 Å². The second kappa shape index (κ2) is 6.09. The number of H-pyrrole nitrogens is 1. The first-order chi connectivity index (χ1) is 13.5. The molecule has 3 nitrogen and oxygen atoms in total. The number of hydrogen-bond donors (Lipinski definition) is 3. The summed E-state index contributed by atoms with van der Waals surface area (Å²) < 4.78 is 0. The van der Waals surface area contributed by atoms with E-state index < -0.39 is 5.60 Å². The zero-order chi connectivity index (χ0) is 21.4. The highest BCUT2D eigenvalue weighted by atomic mass is 16.3. The van der Waals surface area contributed by atoms with Gasteiger partial charge in [-0.3, -0.25) is 0 Å². The molecule has 1 heterocycles. The molecule has 156 valence electrons. The number of nitrogens with one attached hydrogen (secondary N) is 1. The Balaban J connectivity index is 2.18. The minimum atomic E-state index is -1.02. The number of nitrogens with two attached hydrogens (primary N) is 1. The fourth-order valence-electron chi connectivity index (χ4n) is 6.43. The maximum atomic E-state index is 12.8. The number of aliphatic hydroxyl groups is 1. The lowest BCUT2D eigenvalue weighted by atomic mass is 9.48. The number of aromatic amines is 1. The Labute approximate surface area is 175 Å². The van der Waals surface area contributed by atoms with Crippen molar-refractivity contribution >= 4 is 10.9 Å². The standard InChI is InChI=1S/C26H36N2O/c1-9-23(3,4)21-20-19-16(12-11-13-17(19)28-21)24(5,6)18-14-15-25(7,10-2)22(27-8)26(18,20)29/h9-13,18,22,28-29H,1-2,8,14-15,27H2,3-7H3/t18-,22+,25+,26-/m1/s1. The van der Waals surface area contributed by atoms with Crippen LogP contribution in [-0.2, 0) is 16.4 Å². The first-order valence-electron chi connectivity index (χ1n) is 10.8. The van der Waals surface area contributed by atoms with Gasteiger partial charge in [0.05, 0.1) is 0 Å². The van der Waals surface area contributed by atoms with E-state index in [-0.39, 0.29) is 28.2 Å². The van der Waals surface area contributed by atoms with E-state index in [2.05, 4.69) is 78.0 Å². The summed E-state index contributed by atoms with van der Waals surface area (Å²) in [5.41, 5.74) is 2.88. The molecule has 0 amide bonds. The van der Waals surface area contributed by atoms with Crippen LogP contribution in [0.4, 0.5) is 0 Å². The molecule has 1 aromatic heterocycles. The summed E-state index contributed by atoms with van der Waals surface area (Å²) in [6, 6.07) is 6.39. The highest BCUT2D eigenvalue weighted by Crippen LogP contribution is 2.61. The third-order valence-electron chi connectivity index (χ3n) is 8.33. The Morgan fingerprint density at radius 1 is 1.28 bits per heavy atom. The van der Waals surface area contributed by atoms with Crippen LogP contribution in [0.1, 0.15) is 64.3 Å². The van der Waals surface area contributed by atoms with E-state index >= 15 is 0 Å². The summed E-state index contributed by atoms with van der Waals surface area (Å²) >= 11 is 0. The second-order valence-corrected chi connectivity index (χ2v) is 10.6. The number of fused-ring (bicyclic) bond motifs is 2. The number of allylic oxidation sites excluding steroid dienone is 1. The van der Waals surface area contributed by atoms with Gasteiger partial charge < -0.3 is 15.4 Å². The van der Waals surface area contributed by atoms with Gasteiger partial charge in [-0.2, -0.15) is 7.05 Å². The van der Waals surface area contributed by atoms with E-state index in [4.69, 9.17) is 0 Å². The molecular formula is C26H36N2O. The number of hydrogen-bond acceptors (Lipinski definition) is 1. The predicted molar refractivity (Wildman–Crippen MR) is 121 cm³/mol. The lowest BCUT2D eigenvalue weighted by Crippen LogP contribution is -2.94. The summed E-state index contributed by atoms with van der Waals surface area (Å²) in [6.45, 7) is 19.4. The molecule has 2 aliphatic rings. The third-order valence-corrected chi connectivity index (χ3v) is 8.33. The first kappa shape index (κ1) is 20.4. The Kier molecular flexibility index (Phi) is 4.29. The van der Waals surface area contributed by atoms with Gasteiger partial charge in [-0.25, -0.2) is 0 Å². The van der Waals surface area contributed by atoms with Gasteiger partial charge in [0.15, 0.2) is 0 Å². The quantitative estimate of drug-likeness (QED) is 0.523. The summed E-state index contributed by atoms with van der Waals surface area (Å²) in [5, 5.41) is 15.9. The van der Waals surface area contributed by atoms with Crippen molar-refractivity contribution in [1.29, 1.82) is 0 Å². The normalized spacial score (nSPS) is 33.3. The highest BCUT2D eigenvalue weighted by Gasteiger charge is 2.64. The zero-order valence-corrected chi connectivity index (χ0v) is 18.6. The second-order valence-electron chi connectivity index (χ2n) is 10.6. The van der Waals surface area contributed by atoms with E-state index in [1.165, 1.54) is 10.9 Å². The summed E-state index contributed by atoms with van der Waals surface area (Å²) in [7, 11) is 4.19. The van der Waals surface area contributed by atoms with Gasteiger partial charge in [0.1, 0.15) is 11.6 Å². The number of rotatable bonds is 4. The Morgan fingerprint density at radius 2 is 1.97 bits per heavy atom. The van der Waals surface area contributed by atoms with Crippen molar-refractivity contribution in [2.24, 2.45) is 11.3 Å². The van der Waals surface area contributed by atoms with Crippen molar-refractivity contribution in [2.45, 2.75) is 69.9 Å². The molecule has 0 bridgehead atoms. The molecule has 2 aliphatic carbocycles. The maximum absolute atomic E-state index is 12.8. The van der Waals surface area contributed by atoms with Crippen LogP contribution in [0, 0.1) is 18.4 Å². The van der Waals surface area contributed by atoms with Crippen LogP contribution in [0.2, 0.25) is 0 Å². The van der Waals surface area contributed by atoms with Gasteiger partial charge in [0, 0.05) is 38.9 Å². The average Bonchev–Trinajstić information content (AvgIpc) is 3.08. The summed E-state index contributed by atoms with van der Waals surface area (Å²) in [4.78, 5) is 3.68. The molecular weight excluding hydrogens is 356 g/mol. The van der Waals surface area contributed by atoms with Gasteiger partial charge in [-0.05, 0) is 29.9 Å². The van der Waals surface area contributed by atoms with Crippen molar-refractivity contribution in [3.05, 3.63) is 67.4 Å². The minimum absolute atomic E-state index is 0.0966. The van der Waals surface area contributed by atoms with Crippen LogP contribution >= 0.6 is 0 Å². The van der Waals surface area contributed by atoms with Crippen LogP contribution in [0.3, 0.4) is 0 Å². The van der Waals surface area contributed by atoms with Crippen molar-refractivity contribution < 1.29 is 10.4 Å². The number of benzene rings is 1. The van der Waals surface area contributed by atoms with Gasteiger partial charge in [-0.15, -0.1) is 13.2 Å². The number of aromatic nitrogens is 1. The third kappa shape index (κ3) is 2.38. The monoisotopic (exact) mass is 392 g/mol. The maximum Gasteiger partial charge on any atom is 0.146 e. The molecule has 1 aromatic carbocycles. The van der Waals surface area contributed by atoms with E-state index in [1.807, 2.05) is 17.5 Å². The van der Waals surface area contributed by atoms with Crippen LogP contribution in [0.25, 0.3) is 10.9 Å². The highest BCUT2D eigenvalue weighted by molar-refractivity contribution is 5.92. The summed E-state index contributed by atoms with van der Waals surface area (Å²) in [6.07, 6.45) is 5.96. The SMILES string of the molecule is C=CC(C)(C)c1[nH]c2cccc3c2c1[C@]1(O)[C@H](CC[C@](C)(C=C)[C@@H]1[NH2+][CH2-])C3(C)C. The molecule has 1 saturated carbocycles. The van der Waals surface area contributed by atoms with Crippen LogP contribution in [-0.4, -0.2) is 16.1 Å². The van der Waals surface area contributed by atoms with E-state index in [1.54, 1.807) is 0 Å². The van der Waals surface area contributed by atoms with Gasteiger partial charge >= 0.3 is 0 Å². The van der Waals surface area contributed by atoms with Crippen molar-refractivity contribution in [3.8, 4) is 0 Å². The van der Waals surface area contributed by atoms with E-state index in [9.17, 15) is 5.11 Å². The van der Waals surface area contributed by atoms with Crippen LogP contribution in [0.5, 0.6) is 0 Å². The molecule has 0 spiro atoms. The molecule has 4 N–H and O–H groups in total. The molecule has 0 aliphatic heterocycles. The Morgan fingerprint density at radius 3 is 2.55 bits per heavy atom. The van der Waals surface area contributed by atoms with E-state index in [0.717, 1.165) is 29.6 Å². The van der Waals surface area contributed by atoms with Gasteiger partial charge in [0.25, 0.3) is 0 Å². The molecule has 3 heteroatoms. The fourth-order valence-corrected chi connectivity index (χ4v) is 6.43. The topological polar surface area (TPSA) is 52.6 Å². The van der Waals surface area contributed by atoms with Crippen molar-refractivity contribution in [1.82, 2.24) is 4.98 Å². The lowest BCUT2D eigenvalue weighted by Gasteiger charge is -2.59. The van der Waals surface area contributed by atoms with Gasteiger partial charge in [0.2, 0.25) is 0 Å². The smallest absolute Gasteiger partial charge is 0.146 e. The van der Waals surface area contributed by atoms with Crippen LogP contribution in [0.15, 0.2) is 43.5 Å². The molecule has 29 heavy (non-hydrogen) atoms. The predicted octanol–water partition coefficient (Wildman–Crippen LogP) is 4.44. The summed E-state index contributed by atoms with van der Waals surface area (Å²) in [5.74, 6) is 0.0966. The molecule has 0 saturated heterocycles. The zero-order valence-electron chi connectivity index (χ0n) is 18.6. The van der Waals surface area contributed by atoms with Crippen LogP contribution < -0.4 is 5.32 Å². The largest absolute Gasteiger partial charge is 0.473 e. The minimum Gasteiger partial charge on any atom is -0.473 e. The molecule has 1 fully saturated rings. The first-order valence-corrected chi connectivity index (χ1v) is 10.8. The molecule has 0 unspecified atom stereocenters. The lowest BCUT2D eigenvalue weighted by molar-refractivity contribution is -0.672. The van der Waals surface area contributed by atoms with Crippen molar-refractivity contribution in [3.63, 3.8) is 0 Å². The van der Waals surface area contributed by atoms with Crippen molar-refractivity contribution in [2.75, 3.05) is 0 Å². The number of quaternary nitrogens is 1.